The molecule has 1 saturated heterocycles. The number of para-hydroxylation sites is 1. The number of likely N-dealkylation sites (N-methyl/N-ethyl adjacent to an activating group) is 1. The van der Waals surface area contributed by atoms with Crippen LogP contribution in [-0.4, -0.2) is 54.4 Å². The molecule has 3 aromatic heterocycles. The third-order valence-corrected chi connectivity index (χ3v) is 7.02. The maximum atomic E-state index is 10.7. The van der Waals surface area contributed by atoms with Crippen molar-refractivity contribution in [3.8, 4) is 39.4 Å². The maximum Gasteiger partial charge on any atom is 0.156 e. The Morgan fingerprint density at radius 1 is 0.889 bits per heavy atom. The van der Waals surface area contributed by atoms with Crippen molar-refractivity contribution in [2.24, 2.45) is 0 Å². The zero-order valence-electron chi connectivity index (χ0n) is 20.7. The SMILES string of the molecule is CCN1CC(c2ccc(-c3ccc(-c4cc(C)c5nc(C)cn5n4)cc3-c3ccccc3O)nn2)C1. The van der Waals surface area contributed by atoms with Crippen molar-refractivity contribution in [2.75, 3.05) is 19.6 Å². The molecule has 4 heterocycles. The van der Waals surface area contributed by atoms with E-state index in [1.165, 1.54) is 0 Å². The van der Waals surface area contributed by atoms with Gasteiger partial charge in [0.15, 0.2) is 5.65 Å². The summed E-state index contributed by atoms with van der Waals surface area (Å²) in [6, 6.07) is 19.7. The number of aromatic hydroxyl groups is 1. The van der Waals surface area contributed by atoms with Crippen molar-refractivity contribution in [3.05, 3.63) is 83.8 Å². The van der Waals surface area contributed by atoms with E-state index in [0.29, 0.717) is 5.92 Å². The molecule has 0 saturated carbocycles. The molecule has 0 bridgehead atoms. The average molecular weight is 477 g/mol. The summed E-state index contributed by atoms with van der Waals surface area (Å²) < 4.78 is 1.83. The number of hydrogen-bond acceptors (Lipinski definition) is 6. The van der Waals surface area contributed by atoms with Gasteiger partial charge in [0.1, 0.15) is 5.75 Å². The van der Waals surface area contributed by atoms with Gasteiger partial charge in [-0.05, 0) is 61.9 Å². The van der Waals surface area contributed by atoms with Crippen LogP contribution >= 0.6 is 0 Å². The molecule has 1 aliphatic heterocycles. The number of aromatic nitrogens is 5. The highest BCUT2D eigenvalue weighted by molar-refractivity contribution is 5.87. The van der Waals surface area contributed by atoms with Crippen LogP contribution in [0, 0.1) is 13.8 Å². The highest BCUT2D eigenvalue weighted by atomic mass is 16.3. The van der Waals surface area contributed by atoms with Crippen molar-refractivity contribution in [3.63, 3.8) is 0 Å². The predicted molar refractivity (Wildman–Crippen MR) is 141 cm³/mol. The van der Waals surface area contributed by atoms with Crippen LogP contribution in [0.15, 0.2) is 66.9 Å². The number of imidazole rings is 1. The van der Waals surface area contributed by atoms with E-state index in [-0.39, 0.29) is 5.75 Å². The summed E-state index contributed by atoms with van der Waals surface area (Å²) >= 11 is 0. The molecular formula is C29H28N6O. The molecule has 36 heavy (non-hydrogen) atoms. The van der Waals surface area contributed by atoms with E-state index in [9.17, 15) is 5.11 Å². The molecule has 0 atom stereocenters. The standard InChI is InChI=1S/C29H28N6O/c1-4-34-16-21(17-34)25-11-12-26(32-31-25)22-10-9-20(14-24(22)23-7-5-6-8-28(23)36)27-13-18(2)29-30-19(3)15-35(29)33-27/h5-15,21,36H,4,16-17H2,1-3H3. The minimum atomic E-state index is 0.222. The topological polar surface area (TPSA) is 79.4 Å². The molecule has 0 aliphatic carbocycles. The monoisotopic (exact) mass is 476 g/mol. The number of aryl methyl sites for hydroxylation is 2. The smallest absolute Gasteiger partial charge is 0.156 e. The van der Waals surface area contributed by atoms with Crippen LogP contribution in [0.25, 0.3) is 39.3 Å². The summed E-state index contributed by atoms with van der Waals surface area (Å²) in [5, 5.41) is 24.7. The Hall–Kier alpha value is -4.10. The molecular weight excluding hydrogens is 448 g/mol. The second-order valence-electron chi connectivity index (χ2n) is 9.53. The summed E-state index contributed by atoms with van der Waals surface area (Å²) in [6.45, 7) is 9.34. The predicted octanol–water partition coefficient (Wildman–Crippen LogP) is 5.26. The van der Waals surface area contributed by atoms with Crippen LogP contribution in [-0.2, 0) is 0 Å². The van der Waals surface area contributed by atoms with Crippen LogP contribution in [0.1, 0.15) is 29.8 Å². The quantitative estimate of drug-likeness (QED) is 0.373. The van der Waals surface area contributed by atoms with Crippen molar-refractivity contribution >= 4 is 5.65 Å². The largest absolute Gasteiger partial charge is 0.507 e. The zero-order chi connectivity index (χ0) is 24.8. The number of rotatable bonds is 5. The molecule has 2 aromatic carbocycles. The van der Waals surface area contributed by atoms with Crippen molar-refractivity contribution < 1.29 is 5.11 Å². The van der Waals surface area contributed by atoms with Gasteiger partial charge in [-0.1, -0.05) is 37.3 Å². The number of fused-ring (bicyclic) bond motifs is 1. The molecule has 0 unspecified atom stereocenters. The Morgan fingerprint density at radius 2 is 1.72 bits per heavy atom. The number of phenols is 1. The molecule has 1 N–H and O–H groups in total. The molecule has 5 aromatic rings. The molecule has 180 valence electrons. The normalized spacial score (nSPS) is 14.3. The summed E-state index contributed by atoms with van der Waals surface area (Å²) in [5.41, 5.74) is 8.99. The van der Waals surface area contributed by atoms with Gasteiger partial charge < -0.3 is 10.0 Å². The first-order chi connectivity index (χ1) is 17.5. The van der Waals surface area contributed by atoms with E-state index in [0.717, 1.165) is 75.9 Å². The minimum absolute atomic E-state index is 0.222. The number of hydrogen-bond donors (Lipinski definition) is 1. The van der Waals surface area contributed by atoms with Crippen LogP contribution in [0.4, 0.5) is 0 Å². The average Bonchev–Trinajstić information content (AvgIpc) is 3.25. The van der Waals surface area contributed by atoms with E-state index in [1.54, 1.807) is 6.07 Å². The molecule has 1 aliphatic rings. The van der Waals surface area contributed by atoms with Crippen molar-refractivity contribution in [1.29, 1.82) is 0 Å². The Morgan fingerprint density at radius 3 is 2.47 bits per heavy atom. The number of phenolic OH excluding ortho intramolecular Hbond substituents is 1. The number of nitrogens with zero attached hydrogens (tertiary/aromatic N) is 6. The molecule has 7 nitrogen and oxygen atoms in total. The second kappa shape index (κ2) is 8.84. The van der Waals surface area contributed by atoms with Gasteiger partial charge in [-0.15, -0.1) is 0 Å². The van der Waals surface area contributed by atoms with Gasteiger partial charge in [-0.2, -0.15) is 15.3 Å². The molecule has 7 heteroatoms. The van der Waals surface area contributed by atoms with Gasteiger partial charge in [-0.3, -0.25) is 0 Å². The Bertz CT molecular complexity index is 1570. The van der Waals surface area contributed by atoms with E-state index in [1.807, 2.05) is 54.9 Å². The second-order valence-corrected chi connectivity index (χ2v) is 9.53. The van der Waals surface area contributed by atoms with Crippen molar-refractivity contribution in [1.82, 2.24) is 29.7 Å². The summed E-state index contributed by atoms with van der Waals surface area (Å²) in [6.07, 6.45) is 1.93. The molecule has 0 radical (unpaired) electrons. The van der Waals surface area contributed by atoms with Gasteiger partial charge in [0.05, 0.1) is 29.0 Å². The fourth-order valence-electron chi connectivity index (χ4n) is 4.96. The Kier molecular flexibility index (Phi) is 5.49. The molecule has 0 amide bonds. The van der Waals surface area contributed by atoms with Gasteiger partial charge in [0, 0.05) is 35.7 Å². The lowest BCUT2D eigenvalue weighted by Crippen LogP contribution is -2.44. The third-order valence-electron chi connectivity index (χ3n) is 7.02. The van der Waals surface area contributed by atoms with Gasteiger partial charge in [0.25, 0.3) is 0 Å². The van der Waals surface area contributed by atoms with E-state index in [2.05, 4.69) is 51.3 Å². The molecule has 1 fully saturated rings. The summed E-state index contributed by atoms with van der Waals surface area (Å²) in [4.78, 5) is 6.96. The minimum Gasteiger partial charge on any atom is -0.507 e. The molecule has 0 spiro atoms. The first-order valence-corrected chi connectivity index (χ1v) is 12.3. The summed E-state index contributed by atoms with van der Waals surface area (Å²) in [7, 11) is 0. The van der Waals surface area contributed by atoms with Crippen LogP contribution < -0.4 is 0 Å². The number of likely N-dealkylation sites (tertiary alicyclic amines) is 1. The Balaban J connectivity index is 1.44. The van der Waals surface area contributed by atoms with Gasteiger partial charge >= 0.3 is 0 Å². The number of benzene rings is 2. The van der Waals surface area contributed by atoms with E-state index < -0.39 is 0 Å². The Labute approximate surface area is 210 Å². The third kappa shape index (κ3) is 3.91. The van der Waals surface area contributed by atoms with Crippen molar-refractivity contribution in [2.45, 2.75) is 26.7 Å². The highest BCUT2D eigenvalue weighted by Gasteiger charge is 2.28. The lowest BCUT2D eigenvalue weighted by molar-refractivity contribution is 0.154. The lowest BCUT2D eigenvalue weighted by Gasteiger charge is -2.37. The first kappa shape index (κ1) is 22.4. The van der Waals surface area contributed by atoms with Gasteiger partial charge in [-0.25, -0.2) is 9.50 Å². The fourth-order valence-corrected chi connectivity index (χ4v) is 4.96. The first-order valence-electron chi connectivity index (χ1n) is 12.3. The van der Waals surface area contributed by atoms with Gasteiger partial charge in [0.2, 0.25) is 0 Å². The van der Waals surface area contributed by atoms with Crippen LogP contribution in [0.3, 0.4) is 0 Å². The lowest BCUT2D eigenvalue weighted by atomic mass is 9.92. The van der Waals surface area contributed by atoms with E-state index in [4.69, 9.17) is 5.10 Å². The van der Waals surface area contributed by atoms with E-state index >= 15 is 0 Å². The highest BCUT2D eigenvalue weighted by Crippen LogP contribution is 2.39. The van der Waals surface area contributed by atoms with Crippen LogP contribution in [0.5, 0.6) is 5.75 Å². The fraction of sp³-hybridized carbons (Fsp3) is 0.241. The van der Waals surface area contributed by atoms with Crippen LogP contribution in [0.2, 0.25) is 0 Å². The maximum absolute atomic E-state index is 10.7. The summed E-state index contributed by atoms with van der Waals surface area (Å²) in [5.74, 6) is 0.669. The molecule has 6 rings (SSSR count). The zero-order valence-corrected chi connectivity index (χ0v) is 20.7.